The molecule has 1 aliphatic rings. The topological polar surface area (TPSA) is 76.2 Å². The van der Waals surface area contributed by atoms with E-state index >= 15 is 0 Å². The number of nitrogens with one attached hydrogen (secondary N) is 1. The molecule has 1 fully saturated rings. The Morgan fingerprint density at radius 1 is 1.57 bits per heavy atom. The third-order valence-electron chi connectivity index (χ3n) is 3.92. The Labute approximate surface area is 122 Å². The summed E-state index contributed by atoms with van der Waals surface area (Å²) in [5, 5.41) is 11.2. The summed E-state index contributed by atoms with van der Waals surface area (Å²) in [6.07, 6.45) is 3.88. The Bertz CT molecular complexity index is 630. The number of aromatic nitrogens is 3. The van der Waals surface area contributed by atoms with Crippen molar-refractivity contribution in [1.82, 2.24) is 19.8 Å². The molecule has 0 spiro atoms. The zero-order valence-electron chi connectivity index (χ0n) is 12.4. The van der Waals surface area contributed by atoms with Crippen molar-refractivity contribution in [3.8, 4) is 0 Å². The van der Waals surface area contributed by atoms with Crippen molar-refractivity contribution in [3.05, 3.63) is 29.8 Å². The van der Waals surface area contributed by atoms with Gasteiger partial charge in [0, 0.05) is 32.1 Å². The minimum absolute atomic E-state index is 0.167. The third-order valence-corrected chi connectivity index (χ3v) is 3.92. The first-order valence-corrected chi connectivity index (χ1v) is 7.04. The van der Waals surface area contributed by atoms with Crippen LogP contribution in [-0.4, -0.2) is 32.9 Å². The lowest BCUT2D eigenvalue weighted by molar-refractivity contribution is 0.205. The molecule has 1 saturated carbocycles. The van der Waals surface area contributed by atoms with Crippen LogP contribution in [0.4, 0.5) is 10.6 Å². The van der Waals surface area contributed by atoms with Gasteiger partial charge < -0.3 is 9.42 Å². The van der Waals surface area contributed by atoms with Gasteiger partial charge in [-0.15, -0.1) is 0 Å². The van der Waals surface area contributed by atoms with Crippen LogP contribution in [-0.2, 0) is 7.05 Å². The molecule has 0 saturated heterocycles. The Hall–Kier alpha value is -2.31. The number of amides is 2. The number of carbonyl (C=O) groups excluding carboxylic acids is 1. The number of rotatable bonds is 4. The van der Waals surface area contributed by atoms with Crippen LogP contribution in [0, 0.1) is 0 Å². The Kier molecular flexibility index (Phi) is 3.40. The molecule has 1 atom stereocenters. The van der Waals surface area contributed by atoms with Crippen molar-refractivity contribution in [2.45, 2.75) is 31.7 Å². The monoisotopic (exact) mass is 289 g/mol. The van der Waals surface area contributed by atoms with Gasteiger partial charge in [0.2, 0.25) is 0 Å². The molecule has 7 nitrogen and oxygen atoms in total. The Balaban J connectivity index is 1.68. The van der Waals surface area contributed by atoms with Gasteiger partial charge in [-0.3, -0.25) is 10.00 Å². The van der Waals surface area contributed by atoms with Gasteiger partial charge in [0.05, 0.1) is 11.7 Å². The molecule has 0 radical (unpaired) electrons. The Morgan fingerprint density at radius 2 is 2.33 bits per heavy atom. The number of hydrogen-bond donors (Lipinski definition) is 1. The van der Waals surface area contributed by atoms with Crippen LogP contribution < -0.4 is 5.32 Å². The van der Waals surface area contributed by atoms with Gasteiger partial charge in [0.15, 0.2) is 0 Å². The number of anilines is 1. The quantitative estimate of drug-likeness (QED) is 0.938. The van der Waals surface area contributed by atoms with E-state index in [1.807, 2.05) is 20.0 Å². The highest BCUT2D eigenvalue weighted by molar-refractivity contribution is 5.88. The standard InChI is InChI=1S/C14H19N5O2/c1-9(11-6-7-21-17-11)18(2)14(20)15-13-8-12(10-4-5-10)16-19(13)3/h6-10H,4-5H2,1-3H3,(H,15,20). The fourth-order valence-corrected chi connectivity index (χ4v) is 2.19. The van der Waals surface area contributed by atoms with Gasteiger partial charge in [-0.05, 0) is 19.8 Å². The average molecular weight is 289 g/mol. The van der Waals surface area contributed by atoms with E-state index in [-0.39, 0.29) is 12.1 Å². The molecule has 1 aliphatic carbocycles. The highest BCUT2D eigenvalue weighted by atomic mass is 16.5. The first kappa shape index (κ1) is 13.7. The normalized spacial score (nSPS) is 15.8. The van der Waals surface area contributed by atoms with Crippen LogP contribution in [0.5, 0.6) is 0 Å². The summed E-state index contributed by atoms with van der Waals surface area (Å²) in [6, 6.07) is 3.34. The van der Waals surface area contributed by atoms with Crippen LogP contribution in [0.15, 0.2) is 22.9 Å². The van der Waals surface area contributed by atoms with Crippen molar-refractivity contribution in [1.29, 1.82) is 0 Å². The molecule has 1 N–H and O–H groups in total. The highest BCUT2D eigenvalue weighted by Gasteiger charge is 2.27. The number of nitrogens with zero attached hydrogens (tertiary/aromatic N) is 4. The van der Waals surface area contributed by atoms with E-state index < -0.39 is 0 Å². The zero-order valence-corrected chi connectivity index (χ0v) is 12.4. The SMILES string of the molecule is CC(c1ccon1)N(C)C(=O)Nc1cc(C2CC2)nn1C. The van der Waals surface area contributed by atoms with E-state index in [9.17, 15) is 4.79 Å². The van der Waals surface area contributed by atoms with Crippen LogP contribution >= 0.6 is 0 Å². The van der Waals surface area contributed by atoms with Crippen molar-refractivity contribution in [3.63, 3.8) is 0 Å². The number of urea groups is 1. The van der Waals surface area contributed by atoms with Crippen LogP contribution in [0.2, 0.25) is 0 Å². The summed E-state index contributed by atoms with van der Waals surface area (Å²) in [4.78, 5) is 13.9. The summed E-state index contributed by atoms with van der Waals surface area (Å²) < 4.78 is 6.53. The minimum Gasteiger partial charge on any atom is -0.364 e. The maximum Gasteiger partial charge on any atom is 0.323 e. The van der Waals surface area contributed by atoms with E-state index in [1.54, 1.807) is 22.7 Å². The molecule has 0 bridgehead atoms. The first-order valence-electron chi connectivity index (χ1n) is 7.04. The molecule has 1 unspecified atom stereocenters. The average Bonchev–Trinajstić information content (AvgIpc) is 3.05. The molecule has 2 amide bonds. The third kappa shape index (κ3) is 2.76. The fraction of sp³-hybridized carbons (Fsp3) is 0.500. The van der Waals surface area contributed by atoms with Crippen molar-refractivity contribution >= 4 is 11.8 Å². The van der Waals surface area contributed by atoms with Crippen molar-refractivity contribution in [2.75, 3.05) is 12.4 Å². The highest BCUT2D eigenvalue weighted by Crippen LogP contribution is 2.39. The largest absolute Gasteiger partial charge is 0.364 e. The summed E-state index contributed by atoms with van der Waals surface area (Å²) in [5.74, 6) is 1.27. The molecule has 112 valence electrons. The lowest BCUT2D eigenvalue weighted by atomic mass is 10.2. The molecular formula is C14H19N5O2. The van der Waals surface area contributed by atoms with Crippen LogP contribution in [0.3, 0.4) is 0 Å². The van der Waals surface area contributed by atoms with Gasteiger partial charge >= 0.3 is 6.03 Å². The van der Waals surface area contributed by atoms with E-state index in [1.165, 1.54) is 19.1 Å². The van der Waals surface area contributed by atoms with E-state index in [4.69, 9.17) is 4.52 Å². The molecule has 0 aliphatic heterocycles. The zero-order chi connectivity index (χ0) is 15.0. The summed E-state index contributed by atoms with van der Waals surface area (Å²) >= 11 is 0. The van der Waals surface area contributed by atoms with Gasteiger partial charge in [-0.2, -0.15) is 5.10 Å². The fourth-order valence-electron chi connectivity index (χ4n) is 2.19. The summed E-state index contributed by atoms with van der Waals surface area (Å²) in [5.41, 5.74) is 1.77. The molecule has 21 heavy (non-hydrogen) atoms. The molecule has 7 heteroatoms. The van der Waals surface area contributed by atoms with Gasteiger partial charge in [0.1, 0.15) is 17.8 Å². The predicted octanol–water partition coefficient (Wildman–Crippen LogP) is 2.51. The molecule has 2 heterocycles. The first-order chi connectivity index (χ1) is 10.1. The second-order valence-electron chi connectivity index (χ2n) is 5.49. The summed E-state index contributed by atoms with van der Waals surface area (Å²) in [6.45, 7) is 1.90. The lowest BCUT2D eigenvalue weighted by Crippen LogP contribution is -2.34. The van der Waals surface area contributed by atoms with Crippen molar-refractivity contribution in [2.24, 2.45) is 7.05 Å². The minimum atomic E-state index is -0.198. The van der Waals surface area contributed by atoms with Crippen molar-refractivity contribution < 1.29 is 9.32 Å². The lowest BCUT2D eigenvalue weighted by Gasteiger charge is -2.23. The molecular weight excluding hydrogens is 270 g/mol. The maximum atomic E-state index is 12.3. The van der Waals surface area contributed by atoms with Crippen LogP contribution in [0.1, 0.15) is 43.1 Å². The van der Waals surface area contributed by atoms with Gasteiger partial charge in [-0.25, -0.2) is 4.79 Å². The number of carbonyl (C=O) groups is 1. The molecule has 0 aromatic carbocycles. The second kappa shape index (κ2) is 5.23. The predicted molar refractivity (Wildman–Crippen MR) is 76.9 cm³/mol. The van der Waals surface area contributed by atoms with Crippen LogP contribution in [0.25, 0.3) is 0 Å². The number of aryl methyl sites for hydroxylation is 1. The Morgan fingerprint density at radius 3 is 2.95 bits per heavy atom. The summed E-state index contributed by atoms with van der Waals surface area (Å²) in [7, 11) is 3.56. The molecule has 2 aromatic heterocycles. The smallest absolute Gasteiger partial charge is 0.323 e. The molecule has 3 rings (SSSR count). The van der Waals surface area contributed by atoms with E-state index in [2.05, 4.69) is 15.6 Å². The number of hydrogen-bond acceptors (Lipinski definition) is 4. The second-order valence-corrected chi connectivity index (χ2v) is 5.49. The molecule has 2 aromatic rings. The van der Waals surface area contributed by atoms with E-state index in [0.717, 1.165) is 11.4 Å². The van der Waals surface area contributed by atoms with E-state index in [0.29, 0.717) is 11.7 Å². The van der Waals surface area contributed by atoms with Gasteiger partial charge in [-0.1, -0.05) is 5.16 Å². The maximum absolute atomic E-state index is 12.3. The van der Waals surface area contributed by atoms with Gasteiger partial charge in [0.25, 0.3) is 0 Å².